The molecule has 6 heteroatoms. The number of hydrogen-bond acceptors (Lipinski definition) is 4. The summed E-state index contributed by atoms with van der Waals surface area (Å²) >= 11 is 0. The zero-order chi connectivity index (χ0) is 17.1. The molecule has 126 valence electrons. The molecule has 0 radical (unpaired) electrons. The number of imidazole rings is 1. The Labute approximate surface area is 140 Å². The van der Waals surface area contributed by atoms with Crippen LogP contribution in [0, 0.1) is 0 Å². The summed E-state index contributed by atoms with van der Waals surface area (Å²) in [5, 5.41) is 20.4. The highest BCUT2D eigenvalue weighted by Crippen LogP contribution is 2.41. The van der Waals surface area contributed by atoms with Crippen LogP contribution < -0.4 is 0 Å². The first kappa shape index (κ1) is 16.1. The molecule has 2 N–H and O–H groups in total. The monoisotopic (exact) mass is 327 g/mol. The fraction of sp³-hybridized carbons (Fsp3) is 0.333. The number of aromatic hydroxyl groups is 1. The van der Waals surface area contributed by atoms with E-state index in [0.29, 0.717) is 24.1 Å². The molecule has 1 aromatic carbocycles. The molecule has 0 fully saturated rings. The second-order valence-corrected chi connectivity index (χ2v) is 5.84. The van der Waals surface area contributed by atoms with Gasteiger partial charge in [0.1, 0.15) is 5.75 Å². The highest BCUT2D eigenvalue weighted by atomic mass is 16.3. The van der Waals surface area contributed by atoms with Gasteiger partial charge in [-0.2, -0.15) is 0 Å². The SMILES string of the molecule is CCC1=C(O)C(=O)N(CCCn2ccnc2)C1c1ccccc1O. The number of phenolic OH excluding ortho intramolecular Hbond substituents is 1. The van der Waals surface area contributed by atoms with Crippen molar-refractivity contribution in [2.45, 2.75) is 32.4 Å². The van der Waals surface area contributed by atoms with Gasteiger partial charge in [0.15, 0.2) is 5.76 Å². The van der Waals surface area contributed by atoms with Crippen molar-refractivity contribution in [3.63, 3.8) is 0 Å². The fourth-order valence-corrected chi connectivity index (χ4v) is 3.22. The maximum atomic E-state index is 12.5. The van der Waals surface area contributed by atoms with Crippen LogP contribution in [0.15, 0.2) is 54.3 Å². The number of aryl methyl sites for hydroxylation is 1. The number of nitrogens with zero attached hydrogens (tertiary/aromatic N) is 3. The van der Waals surface area contributed by atoms with Gasteiger partial charge in [0, 0.05) is 36.6 Å². The third-order valence-electron chi connectivity index (χ3n) is 4.40. The Balaban J connectivity index is 1.83. The third kappa shape index (κ3) is 2.87. The van der Waals surface area contributed by atoms with Crippen LogP contribution in [0.4, 0.5) is 0 Å². The molecule has 0 aliphatic carbocycles. The summed E-state index contributed by atoms with van der Waals surface area (Å²) in [6.45, 7) is 3.13. The molecule has 1 atom stereocenters. The van der Waals surface area contributed by atoms with E-state index in [0.717, 1.165) is 13.0 Å². The van der Waals surface area contributed by atoms with Crippen LogP contribution in [-0.2, 0) is 11.3 Å². The first-order chi connectivity index (χ1) is 11.6. The number of benzene rings is 1. The van der Waals surface area contributed by atoms with Crippen molar-refractivity contribution in [3.05, 3.63) is 59.9 Å². The summed E-state index contributed by atoms with van der Waals surface area (Å²) in [6.07, 6.45) is 6.61. The Hall–Kier alpha value is -2.76. The van der Waals surface area contributed by atoms with E-state index in [1.807, 2.05) is 23.8 Å². The third-order valence-corrected chi connectivity index (χ3v) is 4.40. The van der Waals surface area contributed by atoms with Crippen molar-refractivity contribution in [3.8, 4) is 5.75 Å². The lowest BCUT2D eigenvalue weighted by Crippen LogP contribution is -2.32. The van der Waals surface area contributed by atoms with E-state index < -0.39 is 6.04 Å². The Kier molecular flexibility index (Phi) is 4.55. The zero-order valence-corrected chi connectivity index (χ0v) is 13.6. The van der Waals surface area contributed by atoms with Gasteiger partial charge in [0.2, 0.25) is 0 Å². The predicted molar refractivity (Wildman–Crippen MR) is 89.4 cm³/mol. The molecular weight excluding hydrogens is 306 g/mol. The van der Waals surface area contributed by atoms with E-state index in [4.69, 9.17) is 0 Å². The normalized spacial score (nSPS) is 17.8. The van der Waals surface area contributed by atoms with Gasteiger partial charge in [0.05, 0.1) is 12.4 Å². The van der Waals surface area contributed by atoms with Crippen LogP contribution in [0.25, 0.3) is 0 Å². The van der Waals surface area contributed by atoms with Crippen LogP contribution in [-0.4, -0.2) is 37.1 Å². The maximum Gasteiger partial charge on any atom is 0.289 e. The van der Waals surface area contributed by atoms with Crippen LogP contribution in [0.1, 0.15) is 31.4 Å². The number of carbonyl (C=O) groups is 1. The van der Waals surface area contributed by atoms with Gasteiger partial charge >= 0.3 is 0 Å². The summed E-state index contributed by atoms with van der Waals surface area (Å²) in [5.41, 5.74) is 1.30. The first-order valence-electron chi connectivity index (χ1n) is 8.10. The van der Waals surface area contributed by atoms with Crippen LogP contribution in [0.3, 0.4) is 0 Å². The second kappa shape index (κ2) is 6.78. The molecular formula is C18H21N3O3. The number of aliphatic hydroxyl groups excluding tert-OH is 1. The summed E-state index contributed by atoms with van der Waals surface area (Å²) in [4.78, 5) is 18.1. The molecule has 1 aliphatic rings. The summed E-state index contributed by atoms with van der Waals surface area (Å²) in [5.74, 6) is -0.422. The topological polar surface area (TPSA) is 78.6 Å². The number of hydrogen-bond donors (Lipinski definition) is 2. The number of amides is 1. The molecule has 24 heavy (non-hydrogen) atoms. The molecule has 2 aromatic rings. The first-order valence-corrected chi connectivity index (χ1v) is 8.10. The smallest absolute Gasteiger partial charge is 0.289 e. The average Bonchev–Trinajstić information content (AvgIpc) is 3.17. The van der Waals surface area contributed by atoms with E-state index in [1.165, 1.54) is 0 Å². The van der Waals surface area contributed by atoms with Gasteiger partial charge in [-0.25, -0.2) is 4.98 Å². The Bertz CT molecular complexity index is 753. The minimum absolute atomic E-state index is 0.135. The number of carbonyl (C=O) groups excluding carboxylic acids is 1. The van der Waals surface area contributed by atoms with E-state index in [9.17, 15) is 15.0 Å². The highest BCUT2D eigenvalue weighted by Gasteiger charge is 2.39. The molecule has 1 amide bonds. The van der Waals surface area contributed by atoms with Crippen molar-refractivity contribution in [2.24, 2.45) is 0 Å². The molecule has 1 aliphatic heterocycles. The fourth-order valence-electron chi connectivity index (χ4n) is 3.22. The van der Waals surface area contributed by atoms with E-state index >= 15 is 0 Å². The van der Waals surface area contributed by atoms with Gasteiger partial charge in [-0.05, 0) is 18.9 Å². The highest BCUT2D eigenvalue weighted by molar-refractivity contribution is 5.95. The quantitative estimate of drug-likeness (QED) is 0.855. The summed E-state index contributed by atoms with van der Waals surface area (Å²) in [6, 6.07) is 6.56. The predicted octanol–water partition coefficient (Wildman–Crippen LogP) is 2.78. The van der Waals surface area contributed by atoms with Crippen LogP contribution in [0.5, 0.6) is 5.75 Å². The lowest BCUT2D eigenvalue weighted by molar-refractivity contribution is -0.129. The van der Waals surface area contributed by atoms with E-state index in [1.54, 1.807) is 35.6 Å². The zero-order valence-electron chi connectivity index (χ0n) is 13.6. The lowest BCUT2D eigenvalue weighted by atomic mass is 9.96. The number of aromatic nitrogens is 2. The molecule has 3 rings (SSSR count). The van der Waals surface area contributed by atoms with Crippen molar-refractivity contribution in [1.82, 2.24) is 14.5 Å². The summed E-state index contributed by atoms with van der Waals surface area (Å²) < 4.78 is 1.95. The second-order valence-electron chi connectivity index (χ2n) is 5.84. The average molecular weight is 327 g/mol. The largest absolute Gasteiger partial charge is 0.508 e. The number of phenols is 1. The minimum Gasteiger partial charge on any atom is -0.508 e. The van der Waals surface area contributed by atoms with Gasteiger partial charge in [-0.3, -0.25) is 4.79 Å². The van der Waals surface area contributed by atoms with Gasteiger partial charge in [-0.1, -0.05) is 25.1 Å². The van der Waals surface area contributed by atoms with Crippen LogP contribution in [0.2, 0.25) is 0 Å². The summed E-state index contributed by atoms with van der Waals surface area (Å²) in [7, 11) is 0. The standard InChI is InChI=1S/C18H21N3O3/c1-2-13-16(14-6-3-4-7-15(14)22)21(18(24)17(13)23)10-5-9-20-11-8-19-12-20/h3-4,6-8,11-12,16,22-23H,2,5,9-10H2,1H3. The molecule has 2 heterocycles. The number of para-hydroxylation sites is 1. The van der Waals surface area contributed by atoms with Gasteiger partial charge in [-0.15, -0.1) is 0 Å². The Morgan fingerprint density at radius 3 is 2.67 bits per heavy atom. The van der Waals surface area contributed by atoms with E-state index in [2.05, 4.69) is 4.98 Å². The molecule has 6 nitrogen and oxygen atoms in total. The van der Waals surface area contributed by atoms with Crippen molar-refractivity contribution < 1.29 is 15.0 Å². The van der Waals surface area contributed by atoms with Gasteiger partial charge < -0.3 is 19.7 Å². The molecule has 0 saturated heterocycles. The number of aliphatic hydroxyl groups is 1. The van der Waals surface area contributed by atoms with Gasteiger partial charge in [0.25, 0.3) is 5.91 Å². The molecule has 0 saturated carbocycles. The maximum absolute atomic E-state index is 12.5. The molecule has 1 aromatic heterocycles. The van der Waals surface area contributed by atoms with Crippen LogP contribution >= 0.6 is 0 Å². The number of rotatable bonds is 6. The molecule has 0 spiro atoms. The Morgan fingerprint density at radius 2 is 2.00 bits per heavy atom. The van der Waals surface area contributed by atoms with E-state index in [-0.39, 0.29) is 17.4 Å². The molecule has 1 unspecified atom stereocenters. The molecule has 0 bridgehead atoms. The minimum atomic E-state index is -0.411. The van der Waals surface area contributed by atoms with Crippen molar-refractivity contribution in [1.29, 1.82) is 0 Å². The lowest BCUT2D eigenvalue weighted by Gasteiger charge is -2.27. The van der Waals surface area contributed by atoms with Crippen molar-refractivity contribution in [2.75, 3.05) is 6.54 Å². The van der Waals surface area contributed by atoms with Crippen molar-refractivity contribution >= 4 is 5.91 Å². The Morgan fingerprint density at radius 1 is 1.21 bits per heavy atom.